The zero-order valence-corrected chi connectivity index (χ0v) is 11.4. The smallest absolute Gasteiger partial charge is 0.252 e. The third-order valence-electron chi connectivity index (χ3n) is 2.06. The fourth-order valence-corrected chi connectivity index (χ4v) is 1.38. The van der Waals surface area contributed by atoms with E-state index in [0.29, 0.717) is 22.7 Å². The van der Waals surface area contributed by atoms with Crippen molar-refractivity contribution in [2.45, 2.75) is 13.0 Å². The molecular formula is C9H13Cl2N7. The van der Waals surface area contributed by atoms with Gasteiger partial charge in [-0.05, 0) is 6.92 Å². The highest BCUT2D eigenvalue weighted by atomic mass is 35.5. The van der Waals surface area contributed by atoms with Crippen molar-refractivity contribution in [1.29, 1.82) is 0 Å². The Labute approximate surface area is 115 Å². The van der Waals surface area contributed by atoms with Crippen molar-refractivity contribution in [2.75, 3.05) is 12.4 Å². The Balaban J connectivity index is 0.00000162. The molecular weight excluding hydrogens is 277 g/mol. The van der Waals surface area contributed by atoms with Crippen molar-refractivity contribution in [1.82, 2.24) is 24.7 Å². The summed E-state index contributed by atoms with van der Waals surface area (Å²) in [5.41, 5.74) is 5.82. The molecule has 0 aliphatic heterocycles. The van der Waals surface area contributed by atoms with Gasteiger partial charge in [-0.15, -0.1) is 17.5 Å². The highest BCUT2D eigenvalue weighted by molar-refractivity contribution is 6.30. The first-order chi connectivity index (χ1) is 8.11. The summed E-state index contributed by atoms with van der Waals surface area (Å²) < 4.78 is 1.49. The standard InChI is InChI=1S/C9H12ClN7.ClH/c1-5(11)7-15-8(12-2)16-17(7)9-13-3-6(10)4-14-9;/h3-5H,11H2,1-2H3,(H,12,16);1H. The Morgan fingerprint density at radius 2 is 2.00 bits per heavy atom. The van der Waals surface area contributed by atoms with Crippen LogP contribution >= 0.6 is 24.0 Å². The summed E-state index contributed by atoms with van der Waals surface area (Å²) in [6, 6.07) is -0.274. The highest BCUT2D eigenvalue weighted by Gasteiger charge is 2.15. The summed E-state index contributed by atoms with van der Waals surface area (Å²) in [7, 11) is 1.73. The molecule has 0 radical (unpaired) electrons. The van der Waals surface area contributed by atoms with Crippen molar-refractivity contribution in [3.8, 4) is 5.95 Å². The van der Waals surface area contributed by atoms with Gasteiger partial charge in [0.05, 0.1) is 23.5 Å². The SMILES string of the molecule is CNc1nc(C(C)N)n(-c2ncc(Cl)cn2)n1.Cl. The van der Waals surface area contributed by atoms with Gasteiger partial charge in [0.25, 0.3) is 5.95 Å². The molecule has 0 aliphatic carbocycles. The van der Waals surface area contributed by atoms with E-state index in [0.717, 1.165) is 0 Å². The molecule has 7 nitrogen and oxygen atoms in total. The van der Waals surface area contributed by atoms with Crippen LogP contribution in [0.1, 0.15) is 18.8 Å². The second kappa shape index (κ2) is 5.94. The molecule has 2 rings (SSSR count). The maximum atomic E-state index is 5.82. The molecule has 0 spiro atoms. The van der Waals surface area contributed by atoms with Crippen LogP contribution in [0.15, 0.2) is 12.4 Å². The summed E-state index contributed by atoms with van der Waals surface area (Å²) >= 11 is 5.73. The van der Waals surface area contributed by atoms with E-state index in [2.05, 4.69) is 25.4 Å². The van der Waals surface area contributed by atoms with E-state index in [1.54, 1.807) is 7.05 Å². The second-order valence-corrected chi connectivity index (χ2v) is 3.88. The van der Waals surface area contributed by atoms with Gasteiger partial charge < -0.3 is 11.1 Å². The van der Waals surface area contributed by atoms with Crippen molar-refractivity contribution < 1.29 is 0 Å². The number of hydrogen-bond donors (Lipinski definition) is 2. The Bertz CT molecular complexity index is 508. The van der Waals surface area contributed by atoms with E-state index in [1.807, 2.05) is 6.92 Å². The van der Waals surface area contributed by atoms with Crippen molar-refractivity contribution >= 4 is 30.0 Å². The lowest BCUT2D eigenvalue weighted by Crippen LogP contribution is -2.15. The lowest BCUT2D eigenvalue weighted by molar-refractivity contribution is 0.669. The fraction of sp³-hybridized carbons (Fsp3) is 0.333. The van der Waals surface area contributed by atoms with Gasteiger partial charge in [-0.2, -0.15) is 9.67 Å². The molecule has 0 amide bonds. The first-order valence-corrected chi connectivity index (χ1v) is 5.38. The van der Waals surface area contributed by atoms with Gasteiger partial charge in [0.15, 0.2) is 5.82 Å². The minimum Gasteiger partial charge on any atom is -0.356 e. The Hall–Kier alpha value is -1.44. The van der Waals surface area contributed by atoms with Gasteiger partial charge in [0, 0.05) is 7.05 Å². The maximum absolute atomic E-state index is 5.82. The topological polar surface area (TPSA) is 94.5 Å². The number of rotatable bonds is 3. The second-order valence-electron chi connectivity index (χ2n) is 3.45. The lowest BCUT2D eigenvalue weighted by atomic mass is 10.3. The summed E-state index contributed by atoms with van der Waals surface area (Å²) in [6.07, 6.45) is 2.99. The molecule has 3 N–H and O–H groups in total. The largest absolute Gasteiger partial charge is 0.356 e. The molecule has 2 heterocycles. The van der Waals surface area contributed by atoms with Crippen LogP contribution in [0.5, 0.6) is 0 Å². The average Bonchev–Trinajstić information content (AvgIpc) is 2.74. The normalized spacial score (nSPS) is 11.8. The summed E-state index contributed by atoms with van der Waals surface area (Å²) in [5, 5.41) is 7.50. The predicted molar refractivity (Wildman–Crippen MR) is 71.4 cm³/mol. The van der Waals surface area contributed by atoms with Crippen LogP contribution in [-0.4, -0.2) is 31.8 Å². The molecule has 98 valence electrons. The molecule has 2 aromatic heterocycles. The average molecular weight is 290 g/mol. The van der Waals surface area contributed by atoms with Crippen LogP contribution < -0.4 is 11.1 Å². The Kier molecular flexibility index (Phi) is 4.83. The maximum Gasteiger partial charge on any atom is 0.252 e. The molecule has 1 unspecified atom stereocenters. The van der Waals surface area contributed by atoms with E-state index >= 15 is 0 Å². The highest BCUT2D eigenvalue weighted by Crippen LogP contribution is 2.14. The number of nitrogens with two attached hydrogens (primary N) is 1. The molecule has 1 atom stereocenters. The van der Waals surface area contributed by atoms with Crippen LogP contribution in [0.4, 0.5) is 5.95 Å². The Morgan fingerprint density at radius 3 is 2.50 bits per heavy atom. The van der Waals surface area contributed by atoms with Gasteiger partial charge in [0.2, 0.25) is 5.95 Å². The zero-order chi connectivity index (χ0) is 12.4. The predicted octanol–water partition coefficient (Wildman–Crippen LogP) is 1.19. The molecule has 18 heavy (non-hydrogen) atoms. The van der Waals surface area contributed by atoms with Crippen molar-refractivity contribution in [3.63, 3.8) is 0 Å². The van der Waals surface area contributed by atoms with Crippen LogP contribution in [-0.2, 0) is 0 Å². The first-order valence-electron chi connectivity index (χ1n) is 5.00. The summed E-state index contributed by atoms with van der Waals surface area (Å²) in [6.45, 7) is 1.82. The van der Waals surface area contributed by atoms with Gasteiger partial charge in [-0.1, -0.05) is 11.6 Å². The van der Waals surface area contributed by atoms with Crippen LogP contribution in [0.25, 0.3) is 5.95 Å². The first kappa shape index (κ1) is 14.6. The molecule has 0 bridgehead atoms. The number of anilines is 1. The van der Waals surface area contributed by atoms with E-state index in [1.165, 1.54) is 17.1 Å². The van der Waals surface area contributed by atoms with E-state index in [-0.39, 0.29) is 18.4 Å². The Morgan fingerprint density at radius 1 is 1.39 bits per heavy atom. The quantitative estimate of drug-likeness (QED) is 0.881. The number of nitrogens with one attached hydrogen (secondary N) is 1. The number of halogens is 2. The number of nitrogens with zero attached hydrogens (tertiary/aromatic N) is 5. The molecule has 0 aliphatic rings. The summed E-state index contributed by atoms with van der Waals surface area (Å²) in [4.78, 5) is 12.4. The molecule has 0 saturated heterocycles. The van der Waals surface area contributed by atoms with Gasteiger partial charge >= 0.3 is 0 Å². The van der Waals surface area contributed by atoms with Crippen LogP contribution in [0.2, 0.25) is 5.02 Å². The summed E-state index contributed by atoms with van der Waals surface area (Å²) in [5.74, 6) is 1.43. The van der Waals surface area contributed by atoms with Crippen molar-refractivity contribution in [2.24, 2.45) is 5.73 Å². The number of aromatic nitrogens is 5. The van der Waals surface area contributed by atoms with Gasteiger partial charge in [-0.3, -0.25) is 0 Å². The molecule has 0 saturated carbocycles. The molecule has 2 aromatic rings. The monoisotopic (exact) mass is 289 g/mol. The molecule has 9 heteroatoms. The molecule has 0 aromatic carbocycles. The van der Waals surface area contributed by atoms with Crippen LogP contribution in [0, 0.1) is 0 Å². The van der Waals surface area contributed by atoms with E-state index in [9.17, 15) is 0 Å². The minimum atomic E-state index is -0.274. The zero-order valence-electron chi connectivity index (χ0n) is 9.83. The third-order valence-corrected chi connectivity index (χ3v) is 2.25. The molecule has 0 fully saturated rings. The van der Waals surface area contributed by atoms with Gasteiger partial charge in [0.1, 0.15) is 0 Å². The van der Waals surface area contributed by atoms with E-state index < -0.39 is 0 Å². The van der Waals surface area contributed by atoms with E-state index in [4.69, 9.17) is 17.3 Å². The van der Waals surface area contributed by atoms with Crippen LogP contribution in [0.3, 0.4) is 0 Å². The van der Waals surface area contributed by atoms with Crippen molar-refractivity contribution in [3.05, 3.63) is 23.2 Å². The minimum absolute atomic E-state index is 0. The third kappa shape index (κ3) is 2.87. The fourth-order valence-electron chi connectivity index (χ4n) is 1.29. The lowest BCUT2D eigenvalue weighted by Gasteiger charge is -2.05. The van der Waals surface area contributed by atoms with Gasteiger partial charge in [-0.25, -0.2) is 9.97 Å². The number of hydrogen-bond acceptors (Lipinski definition) is 6.